The van der Waals surface area contributed by atoms with E-state index in [4.69, 9.17) is 9.47 Å². The summed E-state index contributed by atoms with van der Waals surface area (Å²) in [6.07, 6.45) is 7.03. The summed E-state index contributed by atoms with van der Waals surface area (Å²) in [7, 11) is 0. The number of aliphatic hydroxyl groups is 1. The van der Waals surface area contributed by atoms with Gasteiger partial charge in [0, 0.05) is 18.2 Å². The number of piperidine rings is 1. The molecule has 3 heterocycles. The van der Waals surface area contributed by atoms with Crippen molar-refractivity contribution in [1.29, 1.82) is 0 Å². The first-order valence-electron chi connectivity index (χ1n) is 10.5. The fourth-order valence-electron chi connectivity index (χ4n) is 7.04. The van der Waals surface area contributed by atoms with Crippen LogP contribution in [0.5, 0.6) is 5.75 Å². The minimum absolute atomic E-state index is 0.000671. The second-order valence-corrected chi connectivity index (χ2v) is 9.77. The molecule has 0 amide bonds. The summed E-state index contributed by atoms with van der Waals surface area (Å²) in [5, 5.41) is 12.3. The smallest absolute Gasteiger partial charge is 0.140 e. The monoisotopic (exact) mass is 353 g/mol. The predicted molar refractivity (Wildman–Crippen MR) is 96.5 cm³/mol. The fraction of sp³-hybridized carbons (Fsp3) is 0.727. The Morgan fingerprint density at radius 1 is 1.23 bits per heavy atom. The van der Waals surface area contributed by atoms with Gasteiger partial charge in [-0.05, 0) is 69.0 Å². The molecule has 3 aliphatic carbocycles. The lowest BCUT2D eigenvalue weighted by atomic mass is 9.52. The molecule has 1 N–H and O–H groups in total. The first-order valence-corrected chi connectivity index (χ1v) is 10.5. The van der Waals surface area contributed by atoms with Crippen LogP contribution in [0.4, 0.5) is 0 Å². The van der Waals surface area contributed by atoms with Crippen molar-refractivity contribution in [2.75, 3.05) is 13.1 Å². The highest BCUT2D eigenvalue weighted by Gasteiger charge is 2.75. The highest BCUT2D eigenvalue weighted by atomic mass is 16.6. The number of nitrogens with zero attached hydrogens (tertiary/aromatic N) is 1. The molecule has 26 heavy (non-hydrogen) atoms. The Labute approximate surface area is 154 Å². The van der Waals surface area contributed by atoms with E-state index in [1.165, 1.54) is 36.1 Å². The molecule has 1 spiro atoms. The summed E-state index contributed by atoms with van der Waals surface area (Å²) >= 11 is 0. The molecule has 0 radical (unpaired) electrons. The van der Waals surface area contributed by atoms with Crippen molar-refractivity contribution in [1.82, 2.24) is 4.90 Å². The zero-order chi connectivity index (χ0) is 17.3. The molecule has 2 saturated heterocycles. The highest BCUT2D eigenvalue weighted by Crippen LogP contribution is 2.66. The summed E-state index contributed by atoms with van der Waals surface area (Å²) in [5.41, 5.74) is 3.05. The van der Waals surface area contributed by atoms with E-state index in [2.05, 4.69) is 24.0 Å². The first-order chi connectivity index (χ1) is 12.6. The lowest BCUT2D eigenvalue weighted by molar-refractivity contribution is -0.171. The molecule has 6 aliphatic rings. The maximum atomic E-state index is 12.3. The van der Waals surface area contributed by atoms with Crippen LogP contribution >= 0.6 is 0 Å². The van der Waals surface area contributed by atoms with Gasteiger partial charge in [-0.2, -0.15) is 0 Å². The molecule has 138 valence electrons. The third kappa shape index (κ3) is 1.56. The number of likely N-dealkylation sites (tertiary alicyclic amines) is 1. The minimum Gasteiger partial charge on any atom is -0.486 e. The number of ether oxygens (including phenoxy) is 2. The molecule has 7 rings (SSSR count). The summed E-state index contributed by atoms with van der Waals surface area (Å²) in [6, 6.07) is 4.76. The summed E-state index contributed by atoms with van der Waals surface area (Å²) < 4.78 is 12.7. The standard InChI is InChI=1S/C22H27NO3/c1-12-2-5-14-10-16-22(24)7-6-15-19(25-15)20-21(22,17(14)18(12)26-20)8-9-23(16)11-13-3-4-13/h2,5,13,15-16,19-20,24H,3-4,6-11H2,1H3. The molecular weight excluding hydrogens is 326 g/mol. The topological polar surface area (TPSA) is 45.2 Å². The van der Waals surface area contributed by atoms with Gasteiger partial charge in [0.25, 0.3) is 0 Å². The van der Waals surface area contributed by atoms with Gasteiger partial charge in [-0.15, -0.1) is 0 Å². The van der Waals surface area contributed by atoms with E-state index >= 15 is 0 Å². The van der Waals surface area contributed by atoms with E-state index in [-0.39, 0.29) is 23.7 Å². The number of fused-ring (bicyclic) bond motifs is 2. The van der Waals surface area contributed by atoms with E-state index in [1.807, 2.05) is 0 Å². The van der Waals surface area contributed by atoms with E-state index < -0.39 is 5.60 Å². The van der Waals surface area contributed by atoms with Crippen LogP contribution in [0.25, 0.3) is 0 Å². The number of aryl methyl sites for hydroxylation is 1. The fourth-order valence-corrected chi connectivity index (χ4v) is 7.04. The summed E-state index contributed by atoms with van der Waals surface area (Å²) in [6.45, 7) is 4.41. The van der Waals surface area contributed by atoms with Crippen molar-refractivity contribution in [2.45, 2.75) is 80.8 Å². The third-order valence-electron chi connectivity index (χ3n) is 8.51. The van der Waals surface area contributed by atoms with Gasteiger partial charge < -0.3 is 14.6 Å². The van der Waals surface area contributed by atoms with Crippen LogP contribution in [0.15, 0.2) is 12.1 Å². The Bertz CT molecular complexity index is 820. The molecule has 1 aromatic rings. The second kappa shape index (κ2) is 4.48. The molecule has 1 aromatic carbocycles. The Morgan fingerprint density at radius 2 is 2.12 bits per heavy atom. The maximum Gasteiger partial charge on any atom is 0.140 e. The van der Waals surface area contributed by atoms with Crippen LogP contribution in [-0.4, -0.2) is 53.1 Å². The van der Waals surface area contributed by atoms with Crippen LogP contribution in [-0.2, 0) is 16.6 Å². The first kappa shape index (κ1) is 14.9. The number of benzene rings is 1. The van der Waals surface area contributed by atoms with Gasteiger partial charge in [0.2, 0.25) is 0 Å². The number of epoxide rings is 1. The van der Waals surface area contributed by atoms with Gasteiger partial charge in [0.05, 0.1) is 17.1 Å². The molecule has 3 aliphatic heterocycles. The molecule has 0 aromatic heterocycles. The Balaban J connectivity index is 1.46. The quantitative estimate of drug-likeness (QED) is 0.829. The van der Waals surface area contributed by atoms with E-state index in [0.29, 0.717) is 6.10 Å². The van der Waals surface area contributed by atoms with Crippen LogP contribution in [0, 0.1) is 12.8 Å². The zero-order valence-electron chi connectivity index (χ0n) is 15.4. The maximum absolute atomic E-state index is 12.3. The number of hydrogen-bond donors (Lipinski definition) is 1. The van der Waals surface area contributed by atoms with Gasteiger partial charge >= 0.3 is 0 Å². The molecule has 4 fully saturated rings. The van der Waals surface area contributed by atoms with Gasteiger partial charge in [0.15, 0.2) is 0 Å². The molecule has 6 atom stereocenters. The van der Waals surface area contributed by atoms with Crippen LogP contribution in [0.1, 0.15) is 48.8 Å². The van der Waals surface area contributed by atoms with Crippen LogP contribution in [0.2, 0.25) is 0 Å². The molecule has 6 unspecified atom stereocenters. The van der Waals surface area contributed by atoms with Crippen molar-refractivity contribution < 1.29 is 14.6 Å². The summed E-state index contributed by atoms with van der Waals surface area (Å²) in [5.74, 6) is 1.93. The van der Waals surface area contributed by atoms with Crippen LogP contribution < -0.4 is 4.74 Å². The van der Waals surface area contributed by atoms with Crippen molar-refractivity contribution in [3.8, 4) is 5.75 Å². The summed E-state index contributed by atoms with van der Waals surface area (Å²) in [4.78, 5) is 2.64. The molecular formula is C22H27NO3. The molecule has 2 saturated carbocycles. The van der Waals surface area contributed by atoms with E-state index in [0.717, 1.165) is 43.9 Å². The molecule has 4 nitrogen and oxygen atoms in total. The third-order valence-corrected chi connectivity index (χ3v) is 8.51. The molecule has 4 heteroatoms. The van der Waals surface area contributed by atoms with Crippen LogP contribution in [0.3, 0.4) is 0 Å². The molecule has 2 bridgehead atoms. The van der Waals surface area contributed by atoms with E-state index in [1.54, 1.807) is 0 Å². The average Bonchev–Trinajstić information content (AvgIpc) is 3.52. The Kier molecular flexibility index (Phi) is 2.57. The lowest BCUT2D eigenvalue weighted by Crippen LogP contribution is -2.74. The van der Waals surface area contributed by atoms with Crippen molar-refractivity contribution >= 4 is 0 Å². The van der Waals surface area contributed by atoms with E-state index in [9.17, 15) is 5.11 Å². The Hall–Kier alpha value is -1.10. The minimum atomic E-state index is -0.673. The number of rotatable bonds is 2. The SMILES string of the molecule is Cc1ccc2c3c1OC1C4OC4CCC4(O)C(C2)N(CC2CC2)CCC314. The van der Waals surface area contributed by atoms with Gasteiger partial charge in [-0.1, -0.05) is 12.1 Å². The normalized spacial score (nSPS) is 47.6. The second-order valence-electron chi connectivity index (χ2n) is 9.77. The Morgan fingerprint density at radius 3 is 2.96 bits per heavy atom. The highest BCUT2D eigenvalue weighted by molar-refractivity contribution is 5.60. The largest absolute Gasteiger partial charge is 0.486 e. The van der Waals surface area contributed by atoms with Gasteiger partial charge in [-0.25, -0.2) is 0 Å². The van der Waals surface area contributed by atoms with Crippen molar-refractivity contribution in [3.05, 3.63) is 28.8 Å². The number of hydrogen-bond acceptors (Lipinski definition) is 4. The average molecular weight is 353 g/mol. The van der Waals surface area contributed by atoms with Gasteiger partial charge in [0.1, 0.15) is 18.0 Å². The predicted octanol–water partition coefficient (Wildman–Crippen LogP) is 2.33. The lowest BCUT2D eigenvalue weighted by Gasteiger charge is -2.61. The van der Waals surface area contributed by atoms with Crippen molar-refractivity contribution in [3.63, 3.8) is 0 Å². The van der Waals surface area contributed by atoms with Gasteiger partial charge in [-0.3, -0.25) is 4.90 Å². The van der Waals surface area contributed by atoms with Crippen molar-refractivity contribution in [2.24, 2.45) is 5.92 Å². The zero-order valence-corrected chi connectivity index (χ0v) is 15.4.